The number of hydrazine groups is 1. The molecule has 0 saturated carbocycles. The number of unbranched alkanes of at least 4 members (excludes halogenated alkanes) is 11. The van der Waals surface area contributed by atoms with E-state index in [9.17, 15) is 4.79 Å². The van der Waals surface area contributed by atoms with Crippen LogP contribution in [0.1, 0.15) is 104 Å². The SMILES string of the molecule is CC(C)CCCCCCCCCCCCCCC(=O)NN(CCO)CCO. The van der Waals surface area contributed by atoms with Crippen molar-refractivity contribution in [3.63, 3.8) is 0 Å². The Bertz CT molecular complexity index is 319. The number of carbonyl (C=O) groups is 1. The Labute approximate surface area is 167 Å². The highest BCUT2D eigenvalue weighted by molar-refractivity contribution is 5.75. The average Bonchev–Trinajstić information content (AvgIpc) is 2.62. The molecule has 0 aliphatic rings. The van der Waals surface area contributed by atoms with Gasteiger partial charge in [-0.1, -0.05) is 90.9 Å². The molecule has 162 valence electrons. The van der Waals surface area contributed by atoms with E-state index in [0.29, 0.717) is 19.5 Å². The summed E-state index contributed by atoms with van der Waals surface area (Å²) < 4.78 is 0. The third-order valence-electron chi connectivity index (χ3n) is 4.96. The maximum absolute atomic E-state index is 11.8. The first-order chi connectivity index (χ1) is 13.1. The first-order valence-corrected chi connectivity index (χ1v) is 11.4. The van der Waals surface area contributed by atoms with Crippen LogP contribution in [-0.2, 0) is 4.79 Å². The smallest absolute Gasteiger partial charge is 0.234 e. The zero-order valence-corrected chi connectivity index (χ0v) is 18.1. The van der Waals surface area contributed by atoms with Gasteiger partial charge in [-0.25, -0.2) is 5.01 Å². The Hall–Kier alpha value is -0.650. The van der Waals surface area contributed by atoms with Crippen LogP contribution < -0.4 is 5.43 Å². The van der Waals surface area contributed by atoms with Crippen molar-refractivity contribution < 1.29 is 15.0 Å². The maximum Gasteiger partial charge on any atom is 0.234 e. The van der Waals surface area contributed by atoms with Crippen LogP contribution >= 0.6 is 0 Å². The highest BCUT2D eigenvalue weighted by atomic mass is 16.3. The maximum atomic E-state index is 11.8. The number of rotatable bonds is 20. The van der Waals surface area contributed by atoms with Gasteiger partial charge in [-0.3, -0.25) is 10.2 Å². The van der Waals surface area contributed by atoms with Crippen LogP contribution in [-0.4, -0.2) is 47.4 Å². The van der Waals surface area contributed by atoms with E-state index < -0.39 is 0 Å². The fraction of sp³-hybridized carbons (Fsp3) is 0.955. The van der Waals surface area contributed by atoms with Crippen LogP contribution in [0, 0.1) is 5.92 Å². The zero-order chi connectivity index (χ0) is 20.2. The lowest BCUT2D eigenvalue weighted by molar-refractivity contribution is -0.126. The van der Waals surface area contributed by atoms with Gasteiger partial charge in [0.15, 0.2) is 0 Å². The van der Waals surface area contributed by atoms with Gasteiger partial charge in [0, 0.05) is 19.5 Å². The Kier molecular flexibility index (Phi) is 19.6. The monoisotopic (exact) mass is 386 g/mol. The van der Waals surface area contributed by atoms with Crippen molar-refractivity contribution in [1.82, 2.24) is 10.4 Å². The summed E-state index contributed by atoms with van der Waals surface area (Å²) in [7, 11) is 0. The lowest BCUT2D eigenvalue weighted by Gasteiger charge is -2.21. The summed E-state index contributed by atoms with van der Waals surface area (Å²) in [5.41, 5.74) is 2.74. The second-order valence-electron chi connectivity index (χ2n) is 8.14. The summed E-state index contributed by atoms with van der Waals surface area (Å²) in [6.45, 7) is 5.26. The van der Waals surface area contributed by atoms with Crippen molar-refractivity contribution in [2.24, 2.45) is 5.92 Å². The molecule has 5 nitrogen and oxygen atoms in total. The van der Waals surface area contributed by atoms with Gasteiger partial charge in [-0.2, -0.15) is 0 Å². The Morgan fingerprint density at radius 1 is 0.741 bits per heavy atom. The molecule has 0 bridgehead atoms. The Morgan fingerprint density at radius 3 is 1.56 bits per heavy atom. The third kappa shape index (κ3) is 19.9. The number of carbonyl (C=O) groups excluding carboxylic acids is 1. The molecule has 0 aromatic rings. The van der Waals surface area contributed by atoms with E-state index in [-0.39, 0.29) is 19.1 Å². The van der Waals surface area contributed by atoms with Crippen LogP contribution in [0.15, 0.2) is 0 Å². The number of aliphatic hydroxyl groups excluding tert-OH is 2. The highest BCUT2D eigenvalue weighted by Crippen LogP contribution is 2.14. The molecule has 0 heterocycles. The van der Waals surface area contributed by atoms with E-state index in [1.807, 2.05) is 0 Å². The number of nitrogens with zero attached hydrogens (tertiary/aromatic N) is 1. The second-order valence-corrected chi connectivity index (χ2v) is 8.14. The number of amides is 1. The Morgan fingerprint density at radius 2 is 1.15 bits per heavy atom. The van der Waals surface area contributed by atoms with Crippen molar-refractivity contribution in [3.05, 3.63) is 0 Å². The molecule has 5 heteroatoms. The number of hydrogen-bond donors (Lipinski definition) is 3. The first-order valence-electron chi connectivity index (χ1n) is 11.4. The largest absolute Gasteiger partial charge is 0.395 e. The quantitative estimate of drug-likeness (QED) is 0.214. The highest BCUT2D eigenvalue weighted by Gasteiger charge is 2.07. The molecule has 0 spiro atoms. The molecule has 0 atom stereocenters. The minimum atomic E-state index is -0.0294. The van der Waals surface area contributed by atoms with E-state index in [4.69, 9.17) is 10.2 Å². The molecule has 0 unspecified atom stereocenters. The van der Waals surface area contributed by atoms with E-state index >= 15 is 0 Å². The summed E-state index contributed by atoms with van der Waals surface area (Å²) in [4.78, 5) is 11.8. The molecular formula is C22H46N2O3. The van der Waals surface area contributed by atoms with E-state index in [1.54, 1.807) is 5.01 Å². The predicted molar refractivity (Wildman–Crippen MR) is 113 cm³/mol. The molecule has 0 saturated heterocycles. The third-order valence-corrected chi connectivity index (χ3v) is 4.96. The van der Waals surface area contributed by atoms with Gasteiger partial charge in [-0.15, -0.1) is 0 Å². The van der Waals surface area contributed by atoms with Gasteiger partial charge >= 0.3 is 0 Å². The molecule has 0 aromatic carbocycles. The van der Waals surface area contributed by atoms with Crippen molar-refractivity contribution in [1.29, 1.82) is 0 Å². The van der Waals surface area contributed by atoms with Gasteiger partial charge in [0.05, 0.1) is 13.2 Å². The van der Waals surface area contributed by atoms with E-state index in [1.165, 1.54) is 70.6 Å². The molecular weight excluding hydrogens is 340 g/mol. The molecule has 0 aromatic heterocycles. The van der Waals surface area contributed by atoms with Gasteiger partial charge < -0.3 is 10.2 Å². The zero-order valence-electron chi connectivity index (χ0n) is 18.1. The molecule has 0 fully saturated rings. The molecule has 0 aliphatic carbocycles. The molecule has 27 heavy (non-hydrogen) atoms. The van der Waals surface area contributed by atoms with E-state index in [0.717, 1.165) is 18.8 Å². The predicted octanol–water partition coefficient (Wildman–Crippen LogP) is 4.42. The van der Waals surface area contributed by atoms with Crippen LogP contribution in [0.2, 0.25) is 0 Å². The van der Waals surface area contributed by atoms with Crippen molar-refractivity contribution in [3.8, 4) is 0 Å². The first kappa shape index (κ1) is 26.4. The summed E-state index contributed by atoms with van der Waals surface area (Å²) in [6.07, 6.45) is 17.4. The van der Waals surface area contributed by atoms with Crippen LogP contribution in [0.5, 0.6) is 0 Å². The molecule has 0 aliphatic heterocycles. The summed E-state index contributed by atoms with van der Waals surface area (Å²) in [6, 6.07) is 0. The second kappa shape index (κ2) is 20.1. The summed E-state index contributed by atoms with van der Waals surface area (Å²) in [5, 5.41) is 19.4. The van der Waals surface area contributed by atoms with Crippen LogP contribution in [0.4, 0.5) is 0 Å². The van der Waals surface area contributed by atoms with E-state index in [2.05, 4.69) is 19.3 Å². The topological polar surface area (TPSA) is 72.8 Å². The molecule has 3 N–H and O–H groups in total. The van der Waals surface area contributed by atoms with Gasteiger partial charge in [0.2, 0.25) is 5.91 Å². The van der Waals surface area contributed by atoms with Crippen molar-refractivity contribution in [2.75, 3.05) is 26.3 Å². The van der Waals surface area contributed by atoms with Gasteiger partial charge in [-0.05, 0) is 12.3 Å². The molecule has 0 rings (SSSR count). The van der Waals surface area contributed by atoms with Crippen LogP contribution in [0.3, 0.4) is 0 Å². The normalized spacial score (nSPS) is 11.5. The van der Waals surface area contributed by atoms with Gasteiger partial charge in [0.1, 0.15) is 0 Å². The molecule has 1 amide bonds. The fourth-order valence-electron chi connectivity index (χ4n) is 3.30. The summed E-state index contributed by atoms with van der Waals surface area (Å²) in [5.74, 6) is 0.830. The van der Waals surface area contributed by atoms with Crippen molar-refractivity contribution in [2.45, 2.75) is 104 Å². The fourth-order valence-corrected chi connectivity index (χ4v) is 3.30. The lowest BCUT2D eigenvalue weighted by Crippen LogP contribution is -2.45. The minimum Gasteiger partial charge on any atom is -0.395 e. The Balaban J connectivity index is 3.31. The minimum absolute atomic E-state index is 0.0229. The molecule has 0 radical (unpaired) electrons. The summed E-state index contributed by atoms with van der Waals surface area (Å²) >= 11 is 0. The number of nitrogens with one attached hydrogen (secondary N) is 1. The number of hydrogen-bond acceptors (Lipinski definition) is 4. The van der Waals surface area contributed by atoms with Gasteiger partial charge in [0.25, 0.3) is 0 Å². The number of aliphatic hydroxyl groups is 2. The lowest BCUT2D eigenvalue weighted by atomic mass is 10.0. The standard InChI is InChI=1S/C22H46N2O3/c1-21(2)15-13-11-9-7-5-3-4-6-8-10-12-14-16-22(27)23-24(17-19-25)18-20-26/h21,25-26H,3-20H2,1-2H3,(H,23,27). The average molecular weight is 387 g/mol. The van der Waals surface area contributed by atoms with Crippen molar-refractivity contribution >= 4 is 5.91 Å². The van der Waals surface area contributed by atoms with Crippen LogP contribution in [0.25, 0.3) is 0 Å².